The van der Waals surface area contributed by atoms with Gasteiger partial charge in [0.15, 0.2) is 0 Å². The first kappa shape index (κ1) is 20.4. The molecule has 0 bridgehead atoms. The minimum absolute atomic E-state index is 0.237. The first-order chi connectivity index (χ1) is 14.2. The Balaban J connectivity index is 1.74. The molecule has 3 aromatic rings. The number of anilines is 1. The molecule has 0 aliphatic heterocycles. The van der Waals surface area contributed by atoms with E-state index in [0.29, 0.717) is 29.1 Å². The fraction of sp³-hybridized carbons (Fsp3) is 0.0833. The highest BCUT2D eigenvalue weighted by atomic mass is 32.2. The maximum Gasteiger partial charge on any atom is 0.256 e. The largest absolute Gasteiger partial charge is 0.348 e. The number of rotatable bonds is 8. The highest BCUT2D eigenvalue weighted by Crippen LogP contribution is 2.24. The third-order valence-corrected chi connectivity index (χ3v) is 5.27. The average molecular weight is 403 g/mol. The molecule has 0 radical (unpaired) electrons. The van der Waals surface area contributed by atoms with Crippen LogP contribution >= 0.6 is 11.8 Å². The molecule has 2 N–H and O–H groups in total. The van der Waals surface area contributed by atoms with Gasteiger partial charge in [-0.05, 0) is 29.8 Å². The van der Waals surface area contributed by atoms with Crippen molar-refractivity contribution in [3.05, 3.63) is 108 Å². The summed E-state index contributed by atoms with van der Waals surface area (Å²) in [7, 11) is 0. The molecule has 0 aromatic heterocycles. The van der Waals surface area contributed by atoms with Gasteiger partial charge in [0.25, 0.3) is 11.8 Å². The molecule has 0 atom stereocenters. The summed E-state index contributed by atoms with van der Waals surface area (Å²) in [5.41, 5.74) is 2.48. The van der Waals surface area contributed by atoms with Crippen molar-refractivity contribution in [3.63, 3.8) is 0 Å². The van der Waals surface area contributed by atoms with Crippen LogP contribution in [-0.2, 0) is 6.54 Å². The lowest BCUT2D eigenvalue weighted by atomic mass is 10.1. The molecule has 29 heavy (non-hydrogen) atoms. The van der Waals surface area contributed by atoms with Crippen LogP contribution in [0, 0.1) is 0 Å². The van der Waals surface area contributed by atoms with Gasteiger partial charge in [0.05, 0.1) is 16.8 Å². The Morgan fingerprint density at radius 3 is 2.24 bits per heavy atom. The minimum Gasteiger partial charge on any atom is -0.348 e. The fourth-order valence-electron chi connectivity index (χ4n) is 2.78. The fourth-order valence-corrected chi connectivity index (χ4v) is 3.57. The predicted octanol–water partition coefficient (Wildman–Crippen LogP) is 5.15. The number of hydrogen-bond donors (Lipinski definition) is 2. The van der Waals surface area contributed by atoms with Crippen molar-refractivity contribution >= 4 is 29.3 Å². The van der Waals surface area contributed by atoms with E-state index in [1.165, 1.54) is 0 Å². The van der Waals surface area contributed by atoms with Crippen LogP contribution in [0.4, 0.5) is 5.69 Å². The van der Waals surface area contributed by atoms with Crippen LogP contribution in [0.5, 0.6) is 0 Å². The maximum absolute atomic E-state index is 12.9. The van der Waals surface area contributed by atoms with Crippen molar-refractivity contribution < 1.29 is 9.59 Å². The molecule has 0 spiro atoms. The summed E-state index contributed by atoms with van der Waals surface area (Å²) >= 11 is 1.54. The van der Waals surface area contributed by atoms with Crippen LogP contribution in [0.15, 0.2) is 96.4 Å². The average Bonchev–Trinajstić information content (AvgIpc) is 2.77. The lowest BCUT2D eigenvalue weighted by molar-refractivity contribution is 0.0952. The molecule has 3 aromatic carbocycles. The highest BCUT2D eigenvalue weighted by Gasteiger charge is 2.16. The zero-order chi connectivity index (χ0) is 20.5. The Morgan fingerprint density at radius 2 is 1.48 bits per heavy atom. The van der Waals surface area contributed by atoms with Crippen LogP contribution < -0.4 is 10.6 Å². The molecule has 0 unspecified atom stereocenters. The van der Waals surface area contributed by atoms with Gasteiger partial charge in [-0.1, -0.05) is 60.7 Å². The first-order valence-corrected chi connectivity index (χ1v) is 10.2. The van der Waals surface area contributed by atoms with Gasteiger partial charge >= 0.3 is 0 Å². The van der Waals surface area contributed by atoms with Gasteiger partial charge in [0, 0.05) is 17.2 Å². The lowest BCUT2D eigenvalue weighted by Crippen LogP contribution is -2.25. The molecule has 0 saturated heterocycles. The number of carbonyl (C=O) groups excluding carboxylic acids is 2. The van der Waals surface area contributed by atoms with Crippen LogP contribution in [0.25, 0.3) is 0 Å². The molecule has 0 saturated carbocycles. The predicted molar refractivity (Wildman–Crippen MR) is 119 cm³/mol. The van der Waals surface area contributed by atoms with E-state index in [1.807, 2.05) is 48.5 Å². The molecule has 4 nitrogen and oxygen atoms in total. The number of benzene rings is 3. The van der Waals surface area contributed by atoms with E-state index in [4.69, 9.17) is 0 Å². The van der Waals surface area contributed by atoms with E-state index in [1.54, 1.807) is 48.2 Å². The highest BCUT2D eigenvalue weighted by molar-refractivity contribution is 7.99. The molecule has 0 fully saturated rings. The second-order valence-electron chi connectivity index (χ2n) is 6.26. The summed E-state index contributed by atoms with van der Waals surface area (Å²) in [5, 5.41) is 5.79. The standard InChI is InChI=1S/C24H22N2O2S/c1-2-16-29-22-15-9-7-13-20(22)24(28)26-21-14-8-6-12-19(21)23(27)25-17-18-10-4-3-5-11-18/h2-15H,1,16-17H2,(H,25,27)(H,26,28). The van der Waals surface area contributed by atoms with Crippen molar-refractivity contribution in [2.75, 3.05) is 11.1 Å². The number of hydrogen-bond acceptors (Lipinski definition) is 3. The molecular weight excluding hydrogens is 380 g/mol. The zero-order valence-corrected chi connectivity index (χ0v) is 16.7. The third-order valence-electron chi connectivity index (χ3n) is 4.20. The zero-order valence-electron chi connectivity index (χ0n) is 15.9. The third kappa shape index (κ3) is 5.59. The Labute approximate surface area is 175 Å². The molecule has 146 valence electrons. The van der Waals surface area contributed by atoms with Gasteiger partial charge in [-0.15, -0.1) is 18.3 Å². The Kier molecular flexibility index (Phi) is 7.25. The van der Waals surface area contributed by atoms with E-state index < -0.39 is 0 Å². The molecule has 2 amide bonds. The van der Waals surface area contributed by atoms with Gasteiger partial charge < -0.3 is 10.6 Å². The van der Waals surface area contributed by atoms with Crippen LogP contribution in [0.2, 0.25) is 0 Å². The van der Waals surface area contributed by atoms with E-state index in [-0.39, 0.29) is 11.8 Å². The van der Waals surface area contributed by atoms with E-state index in [9.17, 15) is 9.59 Å². The summed E-state index contributed by atoms with van der Waals surface area (Å²) in [4.78, 5) is 26.4. The molecule has 0 heterocycles. The number of para-hydroxylation sites is 1. The first-order valence-electron chi connectivity index (χ1n) is 9.24. The minimum atomic E-state index is -0.250. The van der Waals surface area contributed by atoms with Crippen molar-refractivity contribution in [2.24, 2.45) is 0 Å². The van der Waals surface area contributed by atoms with Gasteiger partial charge in [0.2, 0.25) is 0 Å². The molecule has 0 aliphatic rings. The number of thioether (sulfide) groups is 1. The van der Waals surface area contributed by atoms with Crippen molar-refractivity contribution in [1.82, 2.24) is 5.32 Å². The van der Waals surface area contributed by atoms with Crippen LogP contribution in [0.3, 0.4) is 0 Å². The monoisotopic (exact) mass is 402 g/mol. The SMILES string of the molecule is C=CCSc1ccccc1C(=O)Nc1ccccc1C(=O)NCc1ccccc1. The number of amides is 2. The summed E-state index contributed by atoms with van der Waals surface area (Å²) in [5.74, 6) is 0.225. The second kappa shape index (κ2) is 10.3. The van der Waals surface area contributed by atoms with Gasteiger partial charge in [-0.3, -0.25) is 9.59 Å². The van der Waals surface area contributed by atoms with Crippen molar-refractivity contribution in [1.29, 1.82) is 0 Å². The van der Waals surface area contributed by atoms with E-state index in [2.05, 4.69) is 17.2 Å². The van der Waals surface area contributed by atoms with Crippen LogP contribution in [0.1, 0.15) is 26.3 Å². The number of carbonyl (C=O) groups is 2. The molecular formula is C24H22N2O2S. The Bertz CT molecular complexity index is 1000. The Morgan fingerprint density at radius 1 is 0.828 bits per heavy atom. The topological polar surface area (TPSA) is 58.2 Å². The van der Waals surface area contributed by atoms with Crippen molar-refractivity contribution in [3.8, 4) is 0 Å². The van der Waals surface area contributed by atoms with Crippen molar-refractivity contribution in [2.45, 2.75) is 11.4 Å². The normalized spacial score (nSPS) is 10.2. The maximum atomic E-state index is 12.9. The second-order valence-corrected chi connectivity index (χ2v) is 7.33. The van der Waals surface area contributed by atoms with Gasteiger partial charge in [-0.2, -0.15) is 0 Å². The van der Waals surface area contributed by atoms with E-state index in [0.717, 1.165) is 10.5 Å². The summed E-state index contributed by atoms with van der Waals surface area (Å²) in [6.45, 7) is 4.14. The Hall–Kier alpha value is -3.31. The summed E-state index contributed by atoms with van der Waals surface area (Å²) in [6, 6.07) is 24.1. The van der Waals surface area contributed by atoms with Gasteiger partial charge in [-0.25, -0.2) is 0 Å². The van der Waals surface area contributed by atoms with Gasteiger partial charge in [0.1, 0.15) is 0 Å². The quantitative estimate of drug-likeness (QED) is 0.405. The smallest absolute Gasteiger partial charge is 0.256 e. The molecule has 0 aliphatic carbocycles. The summed E-state index contributed by atoms with van der Waals surface area (Å²) in [6.07, 6.45) is 1.80. The van der Waals surface area contributed by atoms with Crippen LogP contribution in [-0.4, -0.2) is 17.6 Å². The lowest BCUT2D eigenvalue weighted by Gasteiger charge is -2.13. The van der Waals surface area contributed by atoms with E-state index >= 15 is 0 Å². The summed E-state index contributed by atoms with van der Waals surface area (Å²) < 4.78 is 0. The number of nitrogens with one attached hydrogen (secondary N) is 2. The molecule has 3 rings (SSSR count). The molecule has 5 heteroatoms.